The SMILES string of the molecule is NCc1cc[c]cc1NC(=O)c1ccc(Cc2ccccc2)cc1. The summed E-state index contributed by atoms with van der Waals surface area (Å²) in [6, 6.07) is 26.3. The monoisotopic (exact) mass is 315 g/mol. The zero-order chi connectivity index (χ0) is 16.8. The fourth-order valence-corrected chi connectivity index (χ4v) is 2.56. The first kappa shape index (κ1) is 16.0. The van der Waals surface area contributed by atoms with Crippen molar-refractivity contribution < 1.29 is 4.79 Å². The van der Waals surface area contributed by atoms with Crippen LogP contribution in [0.1, 0.15) is 27.0 Å². The Labute approximate surface area is 142 Å². The maximum atomic E-state index is 12.4. The Kier molecular flexibility index (Phi) is 5.04. The fraction of sp³-hybridized carbons (Fsp3) is 0.0952. The molecule has 0 heterocycles. The molecular weight excluding hydrogens is 296 g/mol. The highest BCUT2D eigenvalue weighted by Gasteiger charge is 2.08. The van der Waals surface area contributed by atoms with E-state index in [1.54, 1.807) is 12.1 Å². The summed E-state index contributed by atoms with van der Waals surface area (Å²) in [7, 11) is 0. The number of anilines is 1. The fourth-order valence-electron chi connectivity index (χ4n) is 2.56. The summed E-state index contributed by atoms with van der Waals surface area (Å²) in [5, 5.41) is 2.90. The Bertz CT molecular complexity index is 811. The van der Waals surface area contributed by atoms with Crippen molar-refractivity contribution in [2.45, 2.75) is 13.0 Å². The van der Waals surface area contributed by atoms with Crippen LogP contribution >= 0.6 is 0 Å². The third-order valence-electron chi connectivity index (χ3n) is 3.89. The molecule has 0 unspecified atom stereocenters. The number of carbonyl (C=O) groups is 1. The van der Waals surface area contributed by atoms with Crippen molar-refractivity contribution in [1.29, 1.82) is 0 Å². The second-order valence-corrected chi connectivity index (χ2v) is 5.60. The van der Waals surface area contributed by atoms with Crippen molar-refractivity contribution in [1.82, 2.24) is 0 Å². The third-order valence-corrected chi connectivity index (χ3v) is 3.89. The number of nitrogens with two attached hydrogens (primary N) is 1. The lowest BCUT2D eigenvalue weighted by molar-refractivity contribution is 0.102. The number of rotatable bonds is 5. The van der Waals surface area contributed by atoms with Gasteiger partial charge in [-0.25, -0.2) is 0 Å². The molecule has 0 saturated carbocycles. The van der Waals surface area contributed by atoms with Gasteiger partial charge >= 0.3 is 0 Å². The second-order valence-electron chi connectivity index (χ2n) is 5.60. The number of hydrogen-bond donors (Lipinski definition) is 2. The van der Waals surface area contributed by atoms with E-state index >= 15 is 0 Å². The molecule has 0 spiro atoms. The van der Waals surface area contributed by atoms with E-state index < -0.39 is 0 Å². The van der Waals surface area contributed by atoms with E-state index in [1.165, 1.54) is 11.1 Å². The summed E-state index contributed by atoms with van der Waals surface area (Å²) in [5.74, 6) is -0.143. The molecule has 0 atom stereocenters. The minimum atomic E-state index is -0.143. The summed E-state index contributed by atoms with van der Waals surface area (Å²) >= 11 is 0. The number of amides is 1. The van der Waals surface area contributed by atoms with Gasteiger partial charge in [0.25, 0.3) is 5.91 Å². The topological polar surface area (TPSA) is 55.1 Å². The van der Waals surface area contributed by atoms with Gasteiger partial charge in [0.2, 0.25) is 0 Å². The summed E-state index contributed by atoms with van der Waals surface area (Å²) in [4.78, 5) is 12.4. The van der Waals surface area contributed by atoms with Gasteiger partial charge in [-0.1, -0.05) is 54.6 Å². The highest BCUT2D eigenvalue weighted by atomic mass is 16.1. The van der Waals surface area contributed by atoms with Crippen molar-refractivity contribution in [3.05, 3.63) is 101 Å². The molecule has 0 aliphatic carbocycles. The Morgan fingerprint density at radius 2 is 1.67 bits per heavy atom. The van der Waals surface area contributed by atoms with E-state index in [0.29, 0.717) is 17.8 Å². The third kappa shape index (κ3) is 3.89. The molecule has 0 aromatic heterocycles. The van der Waals surface area contributed by atoms with Gasteiger partial charge in [-0.15, -0.1) is 0 Å². The molecule has 3 rings (SSSR count). The molecule has 0 aliphatic rings. The van der Waals surface area contributed by atoms with Crippen LogP contribution in [0.15, 0.2) is 72.8 Å². The van der Waals surface area contributed by atoms with Crippen LogP contribution in [0.25, 0.3) is 0 Å². The maximum Gasteiger partial charge on any atom is 0.255 e. The average Bonchev–Trinajstić information content (AvgIpc) is 2.63. The molecule has 0 bridgehead atoms. The summed E-state index contributed by atoms with van der Waals surface area (Å²) in [6.45, 7) is 0.375. The van der Waals surface area contributed by atoms with E-state index in [1.807, 2.05) is 48.5 Å². The lowest BCUT2D eigenvalue weighted by Crippen LogP contribution is -2.14. The predicted octanol–water partition coefficient (Wildman–Crippen LogP) is 3.79. The van der Waals surface area contributed by atoms with Crippen molar-refractivity contribution in [2.24, 2.45) is 5.73 Å². The molecule has 1 amide bonds. The lowest BCUT2D eigenvalue weighted by Gasteiger charge is -2.10. The smallest absolute Gasteiger partial charge is 0.255 e. The molecule has 119 valence electrons. The van der Waals surface area contributed by atoms with E-state index in [9.17, 15) is 4.79 Å². The molecule has 3 aromatic rings. The van der Waals surface area contributed by atoms with Crippen LogP contribution in [-0.2, 0) is 13.0 Å². The highest BCUT2D eigenvalue weighted by molar-refractivity contribution is 6.04. The van der Waals surface area contributed by atoms with Crippen LogP contribution in [0.3, 0.4) is 0 Å². The molecule has 0 saturated heterocycles. The average molecular weight is 315 g/mol. The Morgan fingerprint density at radius 1 is 0.958 bits per heavy atom. The van der Waals surface area contributed by atoms with Gasteiger partial charge in [0.05, 0.1) is 0 Å². The van der Waals surface area contributed by atoms with Gasteiger partial charge in [0.1, 0.15) is 0 Å². The van der Waals surface area contributed by atoms with Crippen molar-refractivity contribution in [3.63, 3.8) is 0 Å². The van der Waals surface area contributed by atoms with Gasteiger partial charge in [-0.2, -0.15) is 0 Å². The number of benzene rings is 3. The Morgan fingerprint density at radius 3 is 2.38 bits per heavy atom. The minimum Gasteiger partial charge on any atom is -0.326 e. The number of carbonyl (C=O) groups excluding carboxylic acids is 1. The van der Waals surface area contributed by atoms with Crippen LogP contribution in [0.5, 0.6) is 0 Å². The van der Waals surface area contributed by atoms with Crippen LogP contribution in [-0.4, -0.2) is 5.91 Å². The van der Waals surface area contributed by atoms with Crippen LogP contribution in [0.4, 0.5) is 5.69 Å². The zero-order valence-corrected chi connectivity index (χ0v) is 13.3. The molecular formula is C21H19N2O. The highest BCUT2D eigenvalue weighted by Crippen LogP contribution is 2.16. The first-order chi connectivity index (χ1) is 11.8. The Hall–Kier alpha value is -2.91. The summed E-state index contributed by atoms with van der Waals surface area (Å²) < 4.78 is 0. The normalized spacial score (nSPS) is 10.4. The van der Waals surface area contributed by atoms with Crippen molar-refractivity contribution in [2.75, 3.05) is 5.32 Å². The molecule has 3 N–H and O–H groups in total. The van der Waals surface area contributed by atoms with Crippen LogP contribution in [0.2, 0.25) is 0 Å². The van der Waals surface area contributed by atoms with E-state index in [0.717, 1.165) is 12.0 Å². The van der Waals surface area contributed by atoms with Crippen molar-refractivity contribution in [3.8, 4) is 0 Å². The predicted molar refractivity (Wildman–Crippen MR) is 96.8 cm³/mol. The van der Waals surface area contributed by atoms with E-state index in [-0.39, 0.29) is 5.91 Å². The Balaban J connectivity index is 1.70. The quantitative estimate of drug-likeness (QED) is 0.752. The second kappa shape index (κ2) is 7.57. The van der Waals surface area contributed by atoms with Gasteiger partial charge in [-0.3, -0.25) is 4.79 Å². The molecule has 1 radical (unpaired) electrons. The number of nitrogens with one attached hydrogen (secondary N) is 1. The van der Waals surface area contributed by atoms with E-state index in [2.05, 4.69) is 23.5 Å². The summed E-state index contributed by atoms with van der Waals surface area (Å²) in [5.41, 5.74) is 10.3. The number of hydrogen-bond acceptors (Lipinski definition) is 2. The van der Waals surface area contributed by atoms with Crippen molar-refractivity contribution >= 4 is 11.6 Å². The van der Waals surface area contributed by atoms with Crippen LogP contribution < -0.4 is 11.1 Å². The van der Waals surface area contributed by atoms with Gasteiger partial charge < -0.3 is 11.1 Å². The lowest BCUT2D eigenvalue weighted by atomic mass is 10.0. The molecule has 0 fully saturated rings. The molecule has 0 aliphatic heterocycles. The first-order valence-corrected chi connectivity index (χ1v) is 7.89. The largest absolute Gasteiger partial charge is 0.326 e. The van der Waals surface area contributed by atoms with Gasteiger partial charge in [0, 0.05) is 17.8 Å². The first-order valence-electron chi connectivity index (χ1n) is 7.89. The van der Waals surface area contributed by atoms with Gasteiger partial charge in [-0.05, 0) is 47.4 Å². The van der Waals surface area contributed by atoms with Crippen LogP contribution in [0, 0.1) is 6.07 Å². The molecule has 3 aromatic carbocycles. The van der Waals surface area contributed by atoms with Gasteiger partial charge in [0.15, 0.2) is 0 Å². The standard InChI is InChI=1S/C21H19N2O/c22-15-19-8-4-5-9-20(19)23-21(24)18-12-10-17(11-13-18)14-16-6-2-1-3-7-16/h1-4,6-13H,14-15,22H2,(H,23,24). The zero-order valence-electron chi connectivity index (χ0n) is 13.3. The molecule has 3 heteroatoms. The summed E-state index contributed by atoms with van der Waals surface area (Å²) in [6.07, 6.45) is 0.855. The minimum absolute atomic E-state index is 0.143. The molecule has 24 heavy (non-hydrogen) atoms. The van der Waals surface area contributed by atoms with E-state index in [4.69, 9.17) is 5.73 Å². The maximum absolute atomic E-state index is 12.4. The molecule has 3 nitrogen and oxygen atoms in total.